The van der Waals surface area contributed by atoms with Crippen molar-refractivity contribution in [2.24, 2.45) is 0 Å². The van der Waals surface area contributed by atoms with E-state index in [1.807, 2.05) is 0 Å². The van der Waals surface area contributed by atoms with Gasteiger partial charge >= 0.3 is 0 Å². The molecule has 0 N–H and O–H groups in total. The van der Waals surface area contributed by atoms with Crippen molar-refractivity contribution in [1.29, 1.82) is 0 Å². The van der Waals surface area contributed by atoms with Crippen molar-refractivity contribution in [3.8, 4) is 0 Å². The van der Waals surface area contributed by atoms with Crippen LogP contribution in [0.4, 0.5) is 0 Å². The second-order valence-corrected chi connectivity index (χ2v) is 5.74. The summed E-state index contributed by atoms with van der Waals surface area (Å²) in [5.74, 6) is 0. The maximum absolute atomic E-state index is 2.63. The molecule has 2 heterocycles. The molecule has 2 aliphatic heterocycles. The Kier molecular flexibility index (Phi) is 1.97. The summed E-state index contributed by atoms with van der Waals surface area (Å²) < 4.78 is 0. The number of hydrogen-bond acceptors (Lipinski definition) is 2. The third-order valence-corrected chi connectivity index (χ3v) is 4.00. The van der Waals surface area contributed by atoms with E-state index in [4.69, 9.17) is 0 Å². The molecule has 2 heteroatoms. The molecule has 0 aliphatic carbocycles. The van der Waals surface area contributed by atoms with Crippen LogP contribution in [-0.2, 0) is 0 Å². The van der Waals surface area contributed by atoms with Crippen molar-refractivity contribution in [3.63, 3.8) is 0 Å². The minimum Gasteiger partial charge on any atom is -0.299 e. The first-order valence-electron chi connectivity index (χ1n) is 5.40. The summed E-state index contributed by atoms with van der Waals surface area (Å²) in [6.45, 7) is 10.8. The molecule has 2 rings (SSSR count). The molecule has 1 atom stereocenters. The molecule has 1 unspecified atom stereocenters. The fourth-order valence-corrected chi connectivity index (χ4v) is 2.60. The quantitative estimate of drug-likeness (QED) is 0.561. The highest BCUT2D eigenvalue weighted by Gasteiger charge is 2.48. The Hall–Kier alpha value is -0.0800. The lowest BCUT2D eigenvalue weighted by Crippen LogP contribution is -2.60. The van der Waals surface area contributed by atoms with Crippen LogP contribution >= 0.6 is 0 Å². The van der Waals surface area contributed by atoms with E-state index >= 15 is 0 Å². The molecule has 0 amide bonds. The van der Waals surface area contributed by atoms with E-state index in [0.717, 1.165) is 0 Å². The highest BCUT2D eigenvalue weighted by Crippen LogP contribution is 2.39. The van der Waals surface area contributed by atoms with Crippen molar-refractivity contribution in [3.05, 3.63) is 0 Å². The van der Waals surface area contributed by atoms with E-state index in [9.17, 15) is 0 Å². The van der Waals surface area contributed by atoms with Crippen LogP contribution in [0.2, 0.25) is 0 Å². The largest absolute Gasteiger partial charge is 0.299 e. The van der Waals surface area contributed by atoms with Crippen molar-refractivity contribution in [2.45, 2.75) is 44.7 Å². The maximum atomic E-state index is 2.63. The molecular weight excluding hydrogens is 160 g/mol. The molecule has 1 spiro atoms. The molecule has 13 heavy (non-hydrogen) atoms. The predicted octanol–water partition coefficient (Wildman–Crippen LogP) is 1.56. The van der Waals surface area contributed by atoms with Gasteiger partial charge in [-0.25, -0.2) is 0 Å². The van der Waals surface area contributed by atoms with Gasteiger partial charge in [-0.3, -0.25) is 9.80 Å². The van der Waals surface area contributed by atoms with Crippen LogP contribution in [0.5, 0.6) is 0 Å². The topological polar surface area (TPSA) is 6.48 Å². The molecule has 0 radical (unpaired) electrons. The van der Waals surface area contributed by atoms with Gasteiger partial charge < -0.3 is 0 Å². The average Bonchev–Trinajstić information content (AvgIpc) is 2.47. The zero-order chi connectivity index (χ0) is 9.69. The van der Waals surface area contributed by atoms with E-state index in [2.05, 4.69) is 37.6 Å². The number of rotatable bonds is 0. The monoisotopic (exact) mass is 182 g/mol. The predicted molar refractivity (Wildman–Crippen MR) is 55.9 cm³/mol. The Bertz CT molecular complexity index is 207. The lowest BCUT2D eigenvalue weighted by atomic mass is 9.84. The van der Waals surface area contributed by atoms with Crippen molar-refractivity contribution in [1.82, 2.24) is 9.80 Å². The first kappa shape index (κ1) is 9.47. The first-order valence-corrected chi connectivity index (χ1v) is 5.40. The standard InChI is InChI=1S/C11H22N2/c1-10(2,3)13-8-6-11(9-13)5-7-12(11)4/h5-9H2,1-4H3. The van der Waals surface area contributed by atoms with Crippen LogP contribution in [0.15, 0.2) is 0 Å². The molecule has 2 nitrogen and oxygen atoms in total. The fourth-order valence-electron chi connectivity index (χ4n) is 2.60. The Morgan fingerprint density at radius 1 is 1.08 bits per heavy atom. The van der Waals surface area contributed by atoms with Gasteiger partial charge in [0.05, 0.1) is 0 Å². The molecule has 2 aliphatic rings. The summed E-state index contributed by atoms with van der Waals surface area (Å²) in [6.07, 6.45) is 2.79. The number of likely N-dealkylation sites (tertiary alicyclic amines) is 2. The lowest BCUT2D eigenvalue weighted by molar-refractivity contribution is 0.0103. The van der Waals surface area contributed by atoms with E-state index in [1.54, 1.807) is 0 Å². The molecule has 76 valence electrons. The van der Waals surface area contributed by atoms with Crippen LogP contribution in [0.25, 0.3) is 0 Å². The molecular formula is C11H22N2. The van der Waals surface area contributed by atoms with E-state index < -0.39 is 0 Å². The van der Waals surface area contributed by atoms with Crippen molar-refractivity contribution in [2.75, 3.05) is 26.7 Å². The van der Waals surface area contributed by atoms with Crippen LogP contribution in [0, 0.1) is 0 Å². The summed E-state index contributed by atoms with van der Waals surface area (Å²) in [7, 11) is 2.27. The van der Waals surface area contributed by atoms with Gasteiger partial charge in [0.15, 0.2) is 0 Å². The van der Waals surface area contributed by atoms with Crippen LogP contribution in [0.3, 0.4) is 0 Å². The number of likely N-dealkylation sites (N-methyl/N-ethyl adjacent to an activating group) is 1. The Balaban J connectivity index is 2.02. The lowest BCUT2D eigenvalue weighted by Gasteiger charge is -2.49. The van der Waals surface area contributed by atoms with Gasteiger partial charge in [0.1, 0.15) is 0 Å². The highest BCUT2D eigenvalue weighted by atomic mass is 15.3. The second-order valence-electron chi connectivity index (χ2n) is 5.74. The van der Waals surface area contributed by atoms with Gasteiger partial charge in [0.25, 0.3) is 0 Å². The smallest absolute Gasteiger partial charge is 0.0357 e. The molecule has 0 saturated carbocycles. The third kappa shape index (κ3) is 1.40. The first-order chi connectivity index (χ1) is 5.94. The van der Waals surface area contributed by atoms with Crippen molar-refractivity contribution < 1.29 is 0 Å². The van der Waals surface area contributed by atoms with Gasteiger partial charge in [-0.2, -0.15) is 0 Å². The zero-order valence-electron chi connectivity index (χ0n) is 9.43. The van der Waals surface area contributed by atoms with Gasteiger partial charge in [0.2, 0.25) is 0 Å². The Morgan fingerprint density at radius 2 is 1.69 bits per heavy atom. The van der Waals surface area contributed by atoms with Gasteiger partial charge in [0, 0.05) is 30.7 Å². The minimum absolute atomic E-state index is 0.361. The SMILES string of the molecule is CN1CCC12CCN(C(C)(C)C)C2. The zero-order valence-corrected chi connectivity index (χ0v) is 9.43. The molecule has 2 saturated heterocycles. The van der Waals surface area contributed by atoms with Crippen LogP contribution in [0.1, 0.15) is 33.6 Å². The summed E-state index contributed by atoms with van der Waals surface area (Å²) in [4.78, 5) is 5.17. The molecule has 0 bridgehead atoms. The molecule has 2 fully saturated rings. The summed E-state index contributed by atoms with van der Waals surface area (Å²) >= 11 is 0. The van der Waals surface area contributed by atoms with Gasteiger partial charge in [-0.05, 0) is 40.7 Å². The van der Waals surface area contributed by atoms with Crippen LogP contribution in [-0.4, -0.2) is 47.6 Å². The van der Waals surface area contributed by atoms with Crippen molar-refractivity contribution >= 4 is 0 Å². The van der Waals surface area contributed by atoms with Gasteiger partial charge in [-0.1, -0.05) is 0 Å². The second kappa shape index (κ2) is 2.71. The minimum atomic E-state index is 0.361. The summed E-state index contributed by atoms with van der Waals surface area (Å²) in [6, 6.07) is 0. The summed E-state index contributed by atoms with van der Waals surface area (Å²) in [5.41, 5.74) is 0.924. The van der Waals surface area contributed by atoms with E-state index in [0.29, 0.717) is 11.1 Å². The summed E-state index contributed by atoms with van der Waals surface area (Å²) in [5, 5.41) is 0. The fraction of sp³-hybridized carbons (Fsp3) is 1.00. The van der Waals surface area contributed by atoms with Crippen LogP contribution < -0.4 is 0 Å². The molecule has 0 aromatic rings. The van der Waals surface area contributed by atoms with E-state index in [-0.39, 0.29) is 0 Å². The molecule has 0 aromatic carbocycles. The maximum Gasteiger partial charge on any atom is 0.0357 e. The van der Waals surface area contributed by atoms with E-state index in [1.165, 1.54) is 32.5 Å². The number of hydrogen-bond donors (Lipinski definition) is 0. The third-order valence-electron chi connectivity index (χ3n) is 4.00. The normalized spacial score (nSPS) is 36.9. The van der Waals surface area contributed by atoms with Gasteiger partial charge in [-0.15, -0.1) is 0 Å². The Morgan fingerprint density at radius 3 is 1.92 bits per heavy atom. The Labute approximate surface area is 81.9 Å². The number of nitrogens with zero attached hydrogens (tertiary/aromatic N) is 2. The molecule has 0 aromatic heterocycles. The highest BCUT2D eigenvalue weighted by molar-refractivity contribution is 5.06. The average molecular weight is 182 g/mol.